The molecule has 0 saturated carbocycles. The van der Waals surface area contributed by atoms with Crippen LogP contribution in [0.15, 0.2) is 30.3 Å². The Morgan fingerprint density at radius 2 is 1.48 bits per heavy atom. The van der Waals surface area contributed by atoms with Crippen molar-refractivity contribution >= 4 is 11.9 Å². The van der Waals surface area contributed by atoms with Crippen molar-refractivity contribution in [2.24, 2.45) is 5.41 Å². The number of carboxylic acid groups (broad SMARTS) is 2. The molecule has 5 heteroatoms. The second kappa shape index (κ2) is 8.11. The van der Waals surface area contributed by atoms with Crippen LogP contribution in [0.4, 0.5) is 0 Å². The van der Waals surface area contributed by atoms with Crippen LogP contribution in [0.2, 0.25) is 0 Å². The lowest BCUT2D eigenvalue weighted by Crippen LogP contribution is -2.46. The van der Waals surface area contributed by atoms with Gasteiger partial charge in [0.1, 0.15) is 0 Å². The Hall–Kier alpha value is -1.88. The molecule has 0 spiro atoms. The van der Waals surface area contributed by atoms with Gasteiger partial charge in [-0.3, -0.25) is 14.5 Å². The van der Waals surface area contributed by atoms with E-state index in [1.165, 1.54) is 0 Å². The van der Waals surface area contributed by atoms with Gasteiger partial charge in [-0.15, -0.1) is 0 Å². The van der Waals surface area contributed by atoms with Crippen molar-refractivity contribution in [3.05, 3.63) is 35.9 Å². The molecule has 0 unspecified atom stereocenters. The molecule has 23 heavy (non-hydrogen) atoms. The summed E-state index contributed by atoms with van der Waals surface area (Å²) in [4.78, 5) is 25.8. The summed E-state index contributed by atoms with van der Waals surface area (Å²) < 4.78 is 0. The first-order chi connectivity index (χ1) is 10.7. The van der Waals surface area contributed by atoms with Crippen LogP contribution in [-0.4, -0.2) is 45.7 Å². The summed E-state index contributed by atoms with van der Waals surface area (Å²) in [6.07, 6.45) is 0.0610. The summed E-state index contributed by atoms with van der Waals surface area (Å²) in [5.74, 6) is -2.55. The van der Waals surface area contributed by atoms with E-state index < -0.39 is 17.4 Å². The number of rotatable bonds is 9. The average molecular weight is 321 g/mol. The highest BCUT2D eigenvalue weighted by molar-refractivity contribution is 5.98. The van der Waals surface area contributed by atoms with Gasteiger partial charge >= 0.3 is 11.9 Å². The summed E-state index contributed by atoms with van der Waals surface area (Å²) in [6.45, 7) is 8.54. The van der Waals surface area contributed by atoms with Gasteiger partial charge in [0.25, 0.3) is 0 Å². The predicted octanol–water partition coefficient (Wildman–Crippen LogP) is 2.89. The van der Waals surface area contributed by atoms with Crippen molar-refractivity contribution < 1.29 is 19.8 Å². The van der Waals surface area contributed by atoms with E-state index in [0.29, 0.717) is 6.54 Å². The fourth-order valence-electron chi connectivity index (χ4n) is 2.92. The average Bonchev–Trinajstić information content (AvgIpc) is 2.45. The van der Waals surface area contributed by atoms with E-state index in [4.69, 9.17) is 0 Å². The molecule has 0 aromatic heterocycles. The first kappa shape index (κ1) is 19.2. The van der Waals surface area contributed by atoms with Crippen LogP contribution in [-0.2, 0) is 16.0 Å². The van der Waals surface area contributed by atoms with Crippen LogP contribution in [0, 0.1) is 5.41 Å². The zero-order valence-electron chi connectivity index (χ0n) is 14.3. The van der Waals surface area contributed by atoms with Crippen LogP contribution in [0.25, 0.3) is 0 Å². The molecule has 0 atom stereocenters. The quantitative estimate of drug-likeness (QED) is 0.684. The van der Waals surface area contributed by atoms with Crippen LogP contribution >= 0.6 is 0 Å². The highest BCUT2D eigenvalue weighted by atomic mass is 16.4. The predicted molar refractivity (Wildman–Crippen MR) is 89.4 cm³/mol. The lowest BCUT2D eigenvalue weighted by Gasteiger charge is -2.34. The number of aliphatic carboxylic acids is 2. The standard InChI is InChI=1S/C18H27NO4/c1-13(2)19(14(3)4)11-10-18(16(20)21,17(22)23)12-15-8-6-5-7-9-15/h5-9,13-14H,10-12H2,1-4H3,(H,20,21)(H,22,23). The zero-order chi connectivity index (χ0) is 17.6. The first-order valence-corrected chi connectivity index (χ1v) is 7.97. The summed E-state index contributed by atoms with van der Waals surface area (Å²) in [6, 6.07) is 9.40. The number of nitrogens with zero attached hydrogens (tertiary/aromatic N) is 1. The normalized spacial score (nSPS) is 12.1. The van der Waals surface area contributed by atoms with Gasteiger partial charge in [0, 0.05) is 18.6 Å². The smallest absolute Gasteiger partial charge is 0.321 e. The Labute approximate surface area is 137 Å². The third-order valence-corrected chi connectivity index (χ3v) is 4.29. The van der Waals surface area contributed by atoms with Crippen molar-refractivity contribution in [1.29, 1.82) is 0 Å². The summed E-state index contributed by atoms with van der Waals surface area (Å²) in [5, 5.41) is 19.3. The molecule has 5 nitrogen and oxygen atoms in total. The summed E-state index contributed by atoms with van der Waals surface area (Å²) >= 11 is 0. The second-order valence-corrected chi connectivity index (χ2v) is 6.53. The van der Waals surface area contributed by atoms with Crippen LogP contribution in [0.3, 0.4) is 0 Å². The largest absolute Gasteiger partial charge is 0.480 e. The van der Waals surface area contributed by atoms with E-state index in [1.807, 2.05) is 33.8 Å². The van der Waals surface area contributed by atoms with Crippen molar-refractivity contribution in [3.8, 4) is 0 Å². The fourth-order valence-corrected chi connectivity index (χ4v) is 2.92. The van der Waals surface area contributed by atoms with Crippen molar-refractivity contribution in [2.75, 3.05) is 6.54 Å². The first-order valence-electron chi connectivity index (χ1n) is 7.97. The van der Waals surface area contributed by atoms with Gasteiger partial charge in [-0.05, 0) is 46.1 Å². The monoisotopic (exact) mass is 321 g/mol. The number of hydrogen-bond acceptors (Lipinski definition) is 3. The lowest BCUT2D eigenvalue weighted by atomic mass is 9.78. The van der Waals surface area contributed by atoms with E-state index in [0.717, 1.165) is 5.56 Å². The van der Waals surface area contributed by atoms with Crippen LogP contribution < -0.4 is 0 Å². The minimum atomic E-state index is -1.80. The maximum Gasteiger partial charge on any atom is 0.321 e. The highest BCUT2D eigenvalue weighted by Crippen LogP contribution is 2.29. The highest BCUT2D eigenvalue weighted by Gasteiger charge is 2.46. The van der Waals surface area contributed by atoms with Gasteiger partial charge in [-0.1, -0.05) is 30.3 Å². The Kier molecular flexibility index (Phi) is 6.76. The van der Waals surface area contributed by atoms with Crippen LogP contribution in [0.1, 0.15) is 39.7 Å². The van der Waals surface area contributed by atoms with Crippen LogP contribution in [0.5, 0.6) is 0 Å². The molecule has 1 aromatic rings. The molecule has 1 rings (SSSR count). The topological polar surface area (TPSA) is 77.8 Å². The molecule has 128 valence electrons. The van der Waals surface area contributed by atoms with Gasteiger partial charge in [-0.2, -0.15) is 0 Å². The lowest BCUT2D eigenvalue weighted by molar-refractivity contribution is -0.165. The molecular formula is C18H27NO4. The van der Waals surface area contributed by atoms with Crippen molar-refractivity contribution in [3.63, 3.8) is 0 Å². The maximum absolute atomic E-state index is 11.8. The van der Waals surface area contributed by atoms with Gasteiger partial charge in [-0.25, -0.2) is 0 Å². The molecule has 0 aliphatic heterocycles. The second-order valence-electron chi connectivity index (χ2n) is 6.53. The molecule has 0 aliphatic carbocycles. The zero-order valence-corrected chi connectivity index (χ0v) is 14.3. The van der Waals surface area contributed by atoms with E-state index in [1.54, 1.807) is 24.3 Å². The summed E-state index contributed by atoms with van der Waals surface area (Å²) in [7, 11) is 0. The van der Waals surface area contributed by atoms with Gasteiger partial charge < -0.3 is 10.2 Å². The molecule has 0 bridgehead atoms. The van der Waals surface area contributed by atoms with Crippen molar-refractivity contribution in [2.45, 2.75) is 52.6 Å². The fraction of sp³-hybridized carbons (Fsp3) is 0.556. The van der Waals surface area contributed by atoms with Gasteiger partial charge in [0.2, 0.25) is 0 Å². The number of hydrogen-bond donors (Lipinski definition) is 2. The van der Waals surface area contributed by atoms with E-state index in [9.17, 15) is 19.8 Å². The number of carbonyl (C=O) groups is 2. The third-order valence-electron chi connectivity index (χ3n) is 4.29. The number of benzene rings is 1. The number of carboxylic acids is 2. The molecule has 0 saturated heterocycles. The molecule has 0 fully saturated rings. The molecule has 2 N–H and O–H groups in total. The summed E-state index contributed by atoms with van der Waals surface area (Å²) in [5.41, 5.74) is -1.08. The Morgan fingerprint density at radius 1 is 1.00 bits per heavy atom. The van der Waals surface area contributed by atoms with Crippen molar-refractivity contribution in [1.82, 2.24) is 4.90 Å². The Bertz CT molecular complexity index is 503. The molecule has 1 aromatic carbocycles. The van der Waals surface area contributed by atoms with Gasteiger partial charge in [0.05, 0.1) is 0 Å². The molecular weight excluding hydrogens is 294 g/mol. The maximum atomic E-state index is 11.8. The van der Waals surface area contributed by atoms with Gasteiger partial charge in [0.15, 0.2) is 5.41 Å². The minimum absolute atomic E-state index is 0.0114. The van der Waals surface area contributed by atoms with E-state index in [-0.39, 0.29) is 24.9 Å². The molecule has 0 aliphatic rings. The Morgan fingerprint density at radius 3 is 1.87 bits per heavy atom. The third kappa shape index (κ3) is 4.79. The molecule has 0 heterocycles. The SMILES string of the molecule is CC(C)N(CCC(Cc1ccccc1)(C(=O)O)C(=O)O)C(C)C. The Balaban J connectivity index is 3.05. The van der Waals surface area contributed by atoms with E-state index in [2.05, 4.69) is 4.90 Å². The molecule has 0 amide bonds. The molecule has 0 radical (unpaired) electrons. The minimum Gasteiger partial charge on any atom is -0.480 e. The van der Waals surface area contributed by atoms with E-state index >= 15 is 0 Å².